The molecular weight excluding hydrogens is 483 g/mol. The molecule has 5 rings (SSSR count). The summed E-state index contributed by atoms with van der Waals surface area (Å²) in [6.07, 6.45) is 1.58. The van der Waals surface area contributed by atoms with E-state index in [-0.39, 0.29) is 47.3 Å². The van der Waals surface area contributed by atoms with Gasteiger partial charge in [-0.1, -0.05) is 72.8 Å². The molecule has 0 radical (unpaired) electrons. The average Bonchev–Trinajstić information content (AvgIpc) is 2.89. The first-order chi connectivity index (χ1) is 16.9. The topological polar surface area (TPSA) is 118 Å². The van der Waals surface area contributed by atoms with E-state index in [1.165, 1.54) is 6.07 Å². The molecule has 0 aliphatic carbocycles. The van der Waals surface area contributed by atoms with E-state index in [2.05, 4.69) is 39.5 Å². The quantitative estimate of drug-likeness (QED) is 0.163. The largest absolute Gasteiger partial charge is 1.00 e. The second-order valence-corrected chi connectivity index (χ2v) is 9.27. The number of hydrogen-bond donors (Lipinski definition) is 2. The van der Waals surface area contributed by atoms with Crippen molar-refractivity contribution in [3.63, 3.8) is 0 Å². The molecule has 5 aromatic rings. The van der Waals surface area contributed by atoms with Crippen molar-refractivity contribution in [1.29, 1.82) is 0 Å². The third kappa shape index (κ3) is 5.38. The summed E-state index contributed by atoms with van der Waals surface area (Å²) < 4.78 is 33.5. The minimum Gasteiger partial charge on any atom is -1.00 e. The van der Waals surface area contributed by atoms with Crippen LogP contribution < -0.4 is 35.3 Å². The molecule has 0 atom stereocenters. The van der Waals surface area contributed by atoms with Crippen molar-refractivity contribution in [2.45, 2.75) is 4.90 Å². The molecule has 7 nitrogen and oxygen atoms in total. The maximum absolute atomic E-state index is 11.9. The van der Waals surface area contributed by atoms with Gasteiger partial charge in [-0.05, 0) is 35.4 Å². The molecule has 0 aliphatic rings. The zero-order chi connectivity index (χ0) is 24.4. The van der Waals surface area contributed by atoms with Crippen LogP contribution in [0.1, 0.15) is 1.43 Å². The van der Waals surface area contributed by atoms with Gasteiger partial charge in [0.1, 0.15) is 16.3 Å². The fourth-order valence-corrected chi connectivity index (χ4v) is 4.58. The third-order valence-corrected chi connectivity index (χ3v) is 6.48. The van der Waals surface area contributed by atoms with Gasteiger partial charge in [-0.3, -0.25) is 9.54 Å². The van der Waals surface area contributed by atoms with Crippen LogP contribution in [0.3, 0.4) is 0 Å². The summed E-state index contributed by atoms with van der Waals surface area (Å²) in [5.74, 6) is 0. The van der Waals surface area contributed by atoms with Gasteiger partial charge in [0.25, 0.3) is 10.1 Å². The van der Waals surface area contributed by atoms with Crippen LogP contribution in [0.15, 0.2) is 118 Å². The molecule has 0 bridgehead atoms. The summed E-state index contributed by atoms with van der Waals surface area (Å²) in [6, 6.07) is 29.7. The van der Waals surface area contributed by atoms with Crippen molar-refractivity contribution in [2.24, 2.45) is 10.2 Å². The van der Waals surface area contributed by atoms with Crippen molar-refractivity contribution in [1.82, 2.24) is 4.98 Å². The van der Waals surface area contributed by atoms with Crippen LogP contribution in [0, 0.1) is 0 Å². The second kappa shape index (κ2) is 10.7. The summed E-state index contributed by atoms with van der Waals surface area (Å²) in [4.78, 5) is 4.23. The zero-order valence-electron chi connectivity index (χ0n) is 20.4. The molecule has 0 unspecified atom stereocenters. The predicted molar refractivity (Wildman–Crippen MR) is 139 cm³/mol. The van der Waals surface area contributed by atoms with E-state index >= 15 is 0 Å². The number of aromatic nitrogens is 1. The van der Waals surface area contributed by atoms with Gasteiger partial charge in [0.2, 0.25) is 0 Å². The molecule has 3 N–H and O–H groups in total. The van der Waals surface area contributed by atoms with E-state index < -0.39 is 10.1 Å². The van der Waals surface area contributed by atoms with Crippen LogP contribution in [0.25, 0.3) is 33.2 Å². The van der Waals surface area contributed by atoms with Crippen LogP contribution in [-0.2, 0) is 10.1 Å². The Labute approximate surface area is 232 Å². The molecule has 1 aromatic heterocycles. The van der Waals surface area contributed by atoms with Gasteiger partial charge in [0, 0.05) is 16.3 Å². The summed E-state index contributed by atoms with van der Waals surface area (Å²) in [5, 5.41) is 9.09. The Bertz CT molecular complexity index is 1680. The van der Waals surface area contributed by atoms with Crippen LogP contribution in [0.5, 0.6) is 0 Å². The molecule has 4 aromatic carbocycles. The van der Waals surface area contributed by atoms with Gasteiger partial charge >= 0.3 is 29.6 Å². The molecule has 1 heterocycles. The first-order valence-corrected chi connectivity index (χ1v) is 12.2. The van der Waals surface area contributed by atoms with E-state index in [4.69, 9.17) is 5.73 Å². The Morgan fingerprint density at radius 2 is 1.42 bits per heavy atom. The normalized spacial score (nSPS) is 11.5. The second-order valence-electron chi connectivity index (χ2n) is 7.88. The standard InChI is InChI=1S/C27H20N4O3S.Na.H/c28-27-23-12-5-4-11-22(23)26(35(32,33)34)16-25(27)31-30-21-13-14-24(29-17-21)20-10-6-9-19(15-20)18-7-2-1-3-8-18;;/h1-17H,28H2,(H,32,33,34);;/q;+1;-1. The molecule has 0 saturated carbocycles. The Kier molecular flexibility index (Phi) is 7.63. The summed E-state index contributed by atoms with van der Waals surface area (Å²) in [7, 11) is -4.48. The van der Waals surface area contributed by atoms with Crippen molar-refractivity contribution in [2.75, 3.05) is 5.73 Å². The number of azo groups is 1. The maximum Gasteiger partial charge on any atom is 1.00 e. The number of benzene rings is 4. The van der Waals surface area contributed by atoms with Gasteiger partial charge in [-0.25, -0.2) is 0 Å². The van der Waals surface area contributed by atoms with E-state index in [0.29, 0.717) is 16.5 Å². The van der Waals surface area contributed by atoms with Gasteiger partial charge in [0.05, 0.1) is 17.6 Å². The molecule has 36 heavy (non-hydrogen) atoms. The summed E-state index contributed by atoms with van der Waals surface area (Å²) in [5.41, 5.74) is 11.0. The van der Waals surface area contributed by atoms with Crippen molar-refractivity contribution < 1.29 is 44.0 Å². The average molecular weight is 505 g/mol. The van der Waals surface area contributed by atoms with E-state index in [1.807, 2.05) is 36.4 Å². The number of hydrogen-bond acceptors (Lipinski definition) is 6. The third-order valence-electron chi connectivity index (χ3n) is 5.59. The first-order valence-electron chi connectivity index (χ1n) is 10.7. The van der Waals surface area contributed by atoms with Crippen LogP contribution in [0.4, 0.5) is 17.1 Å². The van der Waals surface area contributed by atoms with Crippen LogP contribution >= 0.6 is 0 Å². The van der Waals surface area contributed by atoms with Crippen LogP contribution in [0.2, 0.25) is 0 Å². The molecule has 0 amide bonds. The molecule has 0 aliphatic heterocycles. The van der Waals surface area contributed by atoms with Gasteiger partial charge < -0.3 is 7.16 Å². The smallest absolute Gasteiger partial charge is 1.00 e. The van der Waals surface area contributed by atoms with E-state index in [9.17, 15) is 13.0 Å². The Morgan fingerprint density at radius 3 is 2.11 bits per heavy atom. The SMILES string of the molecule is Nc1c(N=Nc2ccc(-c3cccc(-c4ccccc4)c3)nc2)cc(S(=O)(=O)O)c2ccccc12.[H-].[Na+]. The molecule has 174 valence electrons. The number of nitrogen functional groups attached to an aromatic ring is 1. The molecule has 0 fully saturated rings. The Hall–Kier alpha value is -3.40. The minimum absolute atomic E-state index is 0. The first kappa shape index (κ1) is 25.7. The number of nitrogens with zero attached hydrogens (tertiary/aromatic N) is 3. The van der Waals surface area contributed by atoms with Gasteiger partial charge in [0.15, 0.2) is 0 Å². The summed E-state index contributed by atoms with van der Waals surface area (Å²) in [6.45, 7) is 0. The van der Waals surface area contributed by atoms with Gasteiger partial charge in [-0.15, -0.1) is 10.2 Å². The number of fused-ring (bicyclic) bond motifs is 1. The number of anilines is 1. The van der Waals surface area contributed by atoms with Crippen LogP contribution in [-0.4, -0.2) is 18.0 Å². The molecular formula is C27H21N4NaO3S. The van der Waals surface area contributed by atoms with Crippen molar-refractivity contribution >= 4 is 38.0 Å². The van der Waals surface area contributed by atoms with Gasteiger partial charge in [-0.2, -0.15) is 8.42 Å². The predicted octanol–water partition coefficient (Wildman–Crippen LogP) is 3.93. The van der Waals surface area contributed by atoms with E-state index in [0.717, 1.165) is 22.4 Å². The molecule has 0 spiro atoms. The fraction of sp³-hybridized carbons (Fsp3) is 0. The molecule has 9 heteroatoms. The molecule has 0 saturated heterocycles. The monoisotopic (exact) mass is 504 g/mol. The fourth-order valence-electron chi connectivity index (χ4n) is 3.86. The minimum atomic E-state index is -4.48. The Morgan fingerprint density at radius 1 is 0.750 bits per heavy atom. The maximum atomic E-state index is 11.9. The zero-order valence-corrected chi connectivity index (χ0v) is 22.2. The Balaban J connectivity index is 0.00000190. The van der Waals surface area contributed by atoms with E-state index in [1.54, 1.807) is 36.5 Å². The number of nitrogens with two attached hydrogens (primary N) is 1. The van der Waals surface area contributed by atoms with Crippen molar-refractivity contribution in [3.05, 3.63) is 103 Å². The summed E-state index contributed by atoms with van der Waals surface area (Å²) >= 11 is 0. The van der Waals surface area contributed by atoms with Crippen molar-refractivity contribution in [3.8, 4) is 22.4 Å². The number of rotatable bonds is 5. The number of pyridine rings is 1.